The van der Waals surface area contributed by atoms with Crippen LogP contribution in [0.1, 0.15) is 21.6 Å². The Bertz CT molecular complexity index is 650. The van der Waals surface area contributed by atoms with Gasteiger partial charge in [-0.3, -0.25) is 5.10 Å². The fourth-order valence-corrected chi connectivity index (χ4v) is 2.25. The monoisotopic (exact) mass is 280 g/mol. The third kappa shape index (κ3) is 2.29. The van der Waals surface area contributed by atoms with Crippen LogP contribution in [0.2, 0.25) is 5.02 Å². The maximum absolute atomic E-state index is 10.9. The lowest BCUT2D eigenvalue weighted by molar-refractivity contribution is 0.0690. The molecule has 0 radical (unpaired) electrons. The second kappa shape index (κ2) is 4.93. The Hall–Kier alpha value is -2.01. The predicted octanol–water partition coefficient (Wildman–Crippen LogP) is 3.05. The van der Waals surface area contributed by atoms with Gasteiger partial charge in [0.25, 0.3) is 0 Å². The van der Waals surface area contributed by atoms with Crippen LogP contribution in [-0.4, -0.2) is 28.4 Å². The molecule has 2 rings (SSSR count). The molecule has 0 amide bonds. The van der Waals surface area contributed by atoms with Crippen LogP contribution in [-0.2, 0) is 0 Å². The van der Waals surface area contributed by atoms with Gasteiger partial charge < -0.3 is 9.84 Å². The Morgan fingerprint density at radius 2 is 2.11 bits per heavy atom. The van der Waals surface area contributed by atoms with E-state index in [-0.39, 0.29) is 5.69 Å². The molecule has 0 atom stereocenters. The van der Waals surface area contributed by atoms with Gasteiger partial charge in [-0.05, 0) is 37.1 Å². The molecule has 1 aromatic heterocycles. The van der Waals surface area contributed by atoms with Gasteiger partial charge in [-0.25, -0.2) is 4.79 Å². The van der Waals surface area contributed by atoms with Crippen molar-refractivity contribution < 1.29 is 14.6 Å². The first kappa shape index (κ1) is 13.4. The summed E-state index contributed by atoms with van der Waals surface area (Å²) in [6, 6.07) is 3.27. The van der Waals surface area contributed by atoms with Crippen molar-refractivity contribution in [3.63, 3.8) is 0 Å². The van der Waals surface area contributed by atoms with Crippen LogP contribution in [0.4, 0.5) is 0 Å². The second-order valence-electron chi connectivity index (χ2n) is 4.18. The molecule has 5 nitrogen and oxygen atoms in total. The first-order chi connectivity index (χ1) is 8.95. The molecule has 0 aliphatic heterocycles. The summed E-state index contributed by atoms with van der Waals surface area (Å²) in [5.41, 5.74) is 3.16. The SMILES string of the molecule is COc1c(Cl)cc(C)c(C)c1-c1cc(C(=O)O)[nH]n1. The number of aryl methyl sites for hydroxylation is 1. The average molecular weight is 281 g/mol. The number of H-pyrrole nitrogens is 1. The minimum Gasteiger partial charge on any atom is -0.494 e. The Labute approximate surface area is 115 Å². The third-order valence-electron chi connectivity index (χ3n) is 3.02. The third-order valence-corrected chi connectivity index (χ3v) is 3.30. The smallest absolute Gasteiger partial charge is 0.353 e. The molecule has 0 spiro atoms. The molecule has 0 aliphatic carbocycles. The van der Waals surface area contributed by atoms with Crippen molar-refractivity contribution in [2.75, 3.05) is 7.11 Å². The van der Waals surface area contributed by atoms with Gasteiger partial charge in [0.05, 0.1) is 17.8 Å². The molecule has 2 N–H and O–H groups in total. The topological polar surface area (TPSA) is 75.2 Å². The van der Waals surface area contributed by atoms with Crippen molar-refractivity contribution in [1.82, 2.24) is 10.2 Å². The van der Waals surface area contributed by atoms with Crippen molar-refractivity contribution >= 4 is 17.6 Å². The first-order valence-electron chi connectivity index (χ1n) is 5.58. The van der Waals surface area contributed by atoms with Crippen molar-refractivity contribution in [1.29, 1.82) is 0 Å². The van der Waals surface area contributed by atoms with Crippen LogP contribution in [0, 0.1) is 13.8 Å². The summed E-state index contributed by atoms with van der Waals surface area (Å²) in [6.45, 7) is 3.84. The highest BCUT2D eigenvalue weighted by molar-refractivity contribution is 6.32. The molecule has 1 heterocycles. The predicted molar refractivity (Wildman–Crippen MR) is 72.0 cm³/mol. The van der Waals surface area contributed by atoms with E-state index >= 15 is 0 Å². The first-order valence-corrected chi connectivity index (χ1v) is 5.96. The summed E-state index contributed by atoms with van der Waals surface area (Å²) in [6.07, 6.45) is 0. The van der Waals surface area contributed by atoms with E-state index in [1.165, 1.54) is 13.2 Å². The molecule has 0 saturated heterocycles. The fraction of sp³-hybridized carbons (Fsp3) is 0.231. The number of ether oxygens (including phenoxy) is 1. The molecule has 19 heavy (non-hydrogen) atoms. The number of benzene rings is 1. The number of carbonyl (C=O) groups is 1. The van der Waals surface area contributed by atoms with Gasteiger partial charge in [-0.15, -0.1) is 0 Å². The lowest BCUT2D eigenvalue weighted by atomic mass is 9.99. The zero-order valence-corrected chi connectivity index (χ0v) is 11.5. The molecule has 0 unspecified atom stereocenters. The molecule has 2 aromatic rings. The van der Waals surface area contributed by atoms with E-state index in [9.17, 15) is 4.79 Å². The minimum atomic E-state index is -1.06. The number of nitrogens with one attached hydrogen (secondary N) is 1. The lowest BCUT2D eigenvalue weighted by Gasteiger charge is -2.13. The average Bonchev–Trinajstić information content (AvgIpc) is 2.82. The van der Waals surface area contributed by atoms with E-state index < -0.39 is 5.97 Å². The molecular weight excluding hydrogens is 268 g/mol. The normalized spacial score (nSPS) is 10.5. The van der Waals surface area contributed by atoms with Gasteiger partial charge in [0.2, 0.25) is 0 Å². The molecule has 6 heteroatoms. The number of aromatic nitrogens is 2. The number of methoxy groups -OCH3 is 1. The molecule has 0 aliphatic rings. The van der Waals surface area contributed by atoms with Crippen molar-refractivity contribution in [3.05, 3.63) is 34.0 Å². The summed E-state index contributed by atoms with van der Waals surface area (Å²) in [7, 11) is 1.52. The number of carboxylic acids is 1. The number of rotatable bonds is 3. The van der Waals surface area contributed by atoms with Gasteiger partial charge in [0.15, 0.2) is 0 Å². The maximum atomic E-state index is 10.9. The Balaban J connectivity index is 2.69. The summed E-state index contributed by atoms with van der Waals surface area (Å²) in [5.74, 6) is -0.567. The standard InChI is InChI=1S/C13H13ClN2O3/c1-6-4-8(14)12(19-3)11(7(6)2)9-5-10(13(17)18)16-15-9/h4-5H,1-3H3,(H,15,16)(H,17,18). The Kier molecular flexibility index (Phi) is 3.48. The Morgan fingerprint density at radius 3 is 2.63 bits per heavy atom. The summed E-state index contributed by atoms with van der Waals surface area (Å²) in [5, 5.41) is 15.9. The van der Waals surface area contributed by atoms with Gasteiger partial charge in [0.1, 0.15) is 11.4 Å². The zero-order valence-electron chi connectivity index (χ0n) is 10.7. The number of aromatic carboxylic acids is 1. The molecule has 0 fully saturated rings. The maximum Gasteiger partial charge on any atom is 0.353 e. The summed E-state index contributed by atoms with van der Waals surface area (Å²) < 4.78 is 5.30. The number of hydrogen-bond donors (Lipinski definition) is 2. The molecule has 1 aromatic carbocycles. The fourth-order valence-electron chi connectivity index (χ4n) is 1.92. The highest BCUT2D eigenvalue weighted by Gasteiger charge is 2.19. The summed E-state index contributed by atoms with van der Waals surface area (Å²) in [4.78, 5) is 10.9. The largest absolute Gasteiger partial charge is 0.494 e. The number of halogens is 1. The van der Waals surface area contributed by atoms with E-state index in [2.05, 4.69) is 10.2 Å². The van der Waals surface area contributed by atoms with Crippen LogP contribution in [0.25, 0.3) is 11.3 Å². The quantitative estimate of drug-likeness (QED) is 0.906. The zero-order chi connectivity index (χ0) is 14.2. The van der Waals surface area contributed by atoms with Crippen molar-refractivity contribution in [2.45, 2.75) is 13.8 Å². The van der Waals surface area contributed by atoms with Gasteiger partial charge in [0, 0.05) is 5.56 Å². The molecular formula is C13H13ClN2O3. The van der Waals surface area contributed by atoms with E-state index in [4.69, 9.17) is 21.4 Å². The second-order valence-corrected chi connectivity index (χ2v) is 4.59. The molecule has 100 valence electrons. The van der Waals surface area contributed by atoms with Crippen LogP contribution < -0.4 is 4.74 Å². The summed E-state index contributed by atoms with van der Waals surface area (Å²) >= 11 is 6.15. The van der Waals surface area contributed by atoms with Gasteiger partial charge >= 0.3 is 5.97 Å². The van der Waals surface area contributed by atoms with Gasteiger partial charge in [-0.1, -0.05) is 11.6 Å². The minimum absolute atomic E-state index is 0.0223. The van der Waals surface area contributed by atoms with Crippen LogP contribution >= 0.6 is 11.6 Å². The highest BCUT2D eigenvalue weighted by Crippen LogP contribution is 2.39. The van der Waals surface area contributed by atoms with Crippen LogP contribution in [0.5, 0.6) is 5.75 Å². The van der Waals surface area contributed by atoms with E-state index in [1.807, 2.05) is 19.9 Å². The van der Waals surface area contributed by atoms with Crippen molar-refractivity contribution in [2.24, 2.45) is 0 Å². The van der Waals surface area contributed by atoms with Gasteiger partial charge in [-0.2, -0.15) is 5.10 Å². The number of nitrogens with zero attached hydrogens (tertiary/aromatic N) is 1. The highest BCUT2D eigenvalue weighted by atomic mass is 35.5. The van der Waals surface area contributed by atoms with E-state index in [1.54, 1.807) is 0 Å². The van der Waals surface area contributed by atoms with E-state index in [0.29, 0.717) is 22.0 Å². The number of carboxylic acid groups (broad SMARTS) is 1. The van der Waals surface area contributed by atoms with E-state index in [0.717, 1.165) is 11.1 Å². The molecule has 0 bridgehead atoms. The van der Waals surface area contributed by atoms with Crippen LogP contribution in [0.3, 0.4) is 0 Å². The Morgan fingerprint density at radius 1 is 1.42 bits per heavy atom. The lowest BCUT2D eigenvalue weighted by Crippen LogP contribution is -1.95. The number of hydrogen-bond acceptors (Lipinski definition) is 3. The van der Waals surface area contributed by atoms with Crippen LogP contribution in [0.15, 0.2) is 12.1 Å². The molecule has 0 saturated carbocycles. The van der Waals surface area contributed by atoms with Crippen molar-refractivity contribution in [3.8, 4) is 17.0 Å². The number of aromatic amines is 1.